The number of nitrogens with zero attached hydrogens (tertiary/aromatic N) is 7. The van der Waals surface area contributed by atoms with Crippen molar-refractivity contribution in [2.75, 3.05) is 5.32 Å². The SMILES string of the molecule is CC(C)CC(=O)Nc1nc2nn(Cc3ccnc4ccc(Cl)cc34)c(-c3cc(C#N)cn3C)c2c(=O)n1C. The number of aromatic nitrogens is 6. The van der Waals surface area contributed by atoms with E-state index in [-0.39, 0.29) is 40.9 Å². The Hall–Kier alpha value is -4.49. The maximum atomic E-state index is 13.7. The highest BCUT2D eigenvalue weighted by atomic mass is 35.5. The first kappa shape index (κ1) is 25.2. The molecule has 1 amide bonds. The van der Waals surface area contributed by atoms with Gasteiger partial charge in [0.25, 0.3) is 5.56 Å². The lowest BCUT2D eigenvalue weighted by Gasteiger charge is -2.12. The number of fused-ring (bicyclic) bond motifs is 2. The van der Waals surface area contributed by atoms with Crippen molar-refractivity contribution < 1.29 is 4.79 Å². The van der Waals surface area contributed by atoms with Crippen LogP contribution >= 0.6 is 11.6 Å². The van der Waals surface area contributed by atoms with Gasteiger partial charge in [-0.1, -0.05) is 25.4 Å². The molecule has 5 rings (SSSR count). The lowest BCUT2D eigenvalue weighted by atomic mass is 10.1. The van der Waals surface area contributed by atoms with Crippen molar-refractivity contribution in [2.45, 2.75) is 26.8 Å². The third kappa shape index (κ3) is 4.53. The minimum absolute atomic E-state index is 0.120. The highest BCUT2D eigenvalue weighted by Crippen LogP contribution is 2.30. The van der Waals surface area contributed by atoms with Crippen LogP contribution in [0.1, 0.15) is 31.4 Å². The summed E-state index contributed by atoms with van der Waals surface area (Å²) >= 11 is 6.28. The van der Waals surface area contributed by atoms with E-state index in [2.05, 4.69) is 21.4 Å². The summed E-state index contributed by atoms with van der Waals surface area (Å²) in [6.07, 6.45) is 3.70. The summed E-state index contributed by atoms with van der Waals surface area (Å²) < 4.78 is 4.79. The first-order valence-electron chi connectivity index (χ1n) is 12.0. The molecule has 5 aromatic rings. The quantitative estimate of drug-likeness (QED) is 0.351. The summed E-state index contributed by atoms with van der Waals surface area (Å²) in [5.41, 5.74) is 3.10. The van der Waals surface area contributed by atoms with Gasteiger partial charge < -0.3 is 4.57 Å². The molecular formula is C27H25ClN8O2. The van der Waals surface area contributed by atoms with Crippen LogP contribution < -0.4 is 10.9 Å². The molecule has 0 saturated heterocycles. The molecule has 0 spiro atoms. The molecule has 0 radical (unpaired) electrons. The Morgan fingerprint density at radius 2 is 2.00 bits per heavy atom. The lowest BCUT2D eigenvalue weighted by Crippen LogP contribution is -2.25. The molecule has 10 nitrogen and oxygen atoms in total. The highest BCUT2D eigenvalue weighted by molar-refractivity contribution is 6.31. The van der Waals surface area contributed by atoms with E-state index in [0.717, 1.165) is 16.5 Å². The minimum Gasteiger partial charge on any atom is -0.348 e. The predicted octanol–water partition coefficient (Wildman–Crippen LogP) is 4.24. The predicted molar refractivity (Wildman–Crippen MR) is 146 cm³/mol. The molecule has 1 N–H and O–H groups in total. The number of amides is 1. The zero-order valence-corrected chi connectivity index (χ0v) is 22.1. The summed E-state index contributed by atoms with van der Waals surface area (Å²) in [4.78, 5) is 35.1. The van der Waals surface area contributed by atoms with Crippen LogP contribution in [0.2, 0.25) is 5.02 Å². The van der Waals surface area contributed by atoms with Crippen LogP contribution in [0, 0.1) is 17.2 Å². The van der Waals surface area contributed by atoms with Gasteiger partial charge in [0.2, 0.25) is 11.9 Å². The Morgan fingerprint density at radius 3 is 2.71 bits per heavy atom. The number of carbonyl (C=O) groups excluding carboxylic acids is 1. The van der Waals surface area contributed by atoms with Gasteiger partial charge in [-0.25, -0.2) is 0 Å². The summed E-state index contributed by atoms with van der Waals surface area (Å²) in [5, 5.41) is 18.7. The maximum absolute atomic E-state index is 13.7. The summed E-state index contributed by atoms with van der Waals surface area (Å²) in [7, 11) is 3.37. The maximum Gasteiger partial charge on any atom is 0.266 e. The van der Waals surface area contributed by atoms with Crippen molar-refractivity contribution >= 4 is 45.4 Å². The number of anilines is 1. The average molecular weight is 529 g/mol. The van der Waals surface area contributed by atoms with Crippen LogP contribution in [0.5, 0.6) is 0 Å². The molecule has 0 aliphatic heterocycles. The largest absolute Gasteiger partial charge is 0.348 e. The third-order valence-electron chi connectivity index (χ3n) is 6.32. The van der Waals surface area contributed by atoms with Crippen LogP contribution in [0.25, 0.3) is 33.3 Å². The standard InChI is InChI=1S/C27H25ClN8O2/c1-15(2)9-22(37)31-27-32-25-23(26(38)35(27)4)24(21-10-16(12-29)13-34(21)3)36(33-25)14-17-7-8-30-20-6-5-18(28)11-19(17)20/h5-8,10-11,13,15H,9,14H2,1-4H3,(H,31,32,33,37). The minimum atomic E-state index is -0.363. The van der Waals surface area contributed by atoms with E-state index in [4.69, 9.17) is 16.7 Å². The molecule has 0 fully saturated rings. The van der Waals surface area contributed by atoms with Crippen LogP contribution in [-0.2, 0) is 25.4 Å². The normalized spacial score (nSPS) is 11.4. The smallest absolute Gasteiger partial charge is 0.266 e. The summed E-state index contributed by atoms with van der Waals surface area (Å²) in [6, 6.07) is 11.2. The molecule has 11 heteroatoms. The number of pyridine rings is 1. The number of nitrogens with one attached hydrogen (secondary N) is 1. The number of rotatable bonds is 6. The van der Waals surface area contributed by atoms with Gasteiger partial charge in [0, 0.05) is 43.3 Å². The number of hydrogen-bond donors (Lipinski definition) is 1. The van der Waals surface area contributed by atoms with Gasteiger partial charge in [0.15, 0.2) is 5.65 Å². The van der Waals surface area contributed by atoms with Gasteiger partial charge in [-0.05, 0) is 41.8 Å². The van der Waals surface area contributed by atoms with Gasteiger partial charge >= 0.3 is 0 Å². The average Bonchev–Trinajstić information content (AvgIpc) is 3.41. The Morgan fingerprint density at radius 1 is 1.21 bits per heavy atom. The van der Waals surface area contributed by atoms with Crippen LogP contribution in [0.15, 0.2) is 47.5 Å². The Balaban J connectivity index is 1.73. The van der Waals surface area contributed by atoms with E-state index in [0.29, 0.717) is 28.4 Å². The Bertz CT molecular complexity index is 1820. The molecule has 38 heavy (non-hydrogen) atoms. The second kappa shape index (κ2) is 9.76. The second-order valence-electron chi connectivity index (χ2n) is 9.62. The second-order valence-corrected chi connectivity index (χ2v) is 10.1. The van der Waals surface area contributed by atoms with Crippen molar-refractivity contribution in [1.82, 2.24) is 28.9 Å². The molecule has 0 aliphatic carbocycles. The first-order valence-corrected chi connectivity index (χ1v) is 12.4. The van der Waals surface area contributed by atoms with Gasteiger partial charge in [-0.3, -0.25) is 29.1 Å². The number of benzene rings is 1. The number of nitriles is 1. The number of carbonyl (C=O) groups is 1. The topological polar surface area (TPSA) is 123 Å². The summed E-state index contributed by atoms with van der Waals surface area (Å²) in [5.74, 6) is 0.0368. The van der Waals surface area contributed by atoms with E-state index < -0.39 is 0 Å². The molecule has 0 atom stereocenters. The molecule has 4 aromatic heterocycles. The van der Waals surface area contributed by atoms with Crippen LogP contribution in [-0.4, -0.2) is 34.8 Å². The van der Waals surface area contributed by atoms with E-state index >= 15 is 0 Å². The fourth-order valence-corrected chi connectivity index (χ4v) is 4.70. The zero-order valence-electron chi connectivity index (χ0n) is 21.4. The van der Waals surface area contributed by atoms with E-state index in [1.807, 2.05) is 32.0 Å². The van der Waals surface area contributed by atoms with E-state index in [9.17, 15) is 14.9 Å². The molecule has 0 aliphatic rings. The van der Waals surface area contributed by atoms with Gasteiger partial charge in [-0.2, -0.15) is 15.3 Å². The molecule has 1 aromatic carbocycles. The van der Waals surface area contributed by atoms with Crippen molar-refractivity contribution in [2.24, 2.45) is 20.0 Å². The van der Waals surface area contributed by atoms with Gasteiger partial charge in [0.1, 0.15) is 17.1 Å². The molecule has 0 saturated carbocycles. The number of halogens is 1. The molecule has 0 unspecified atom stereocenters. The third-order valence-corrected chi connectivity index (χ3v) is 6.55. The highest BCUT2D eigenvalue weighted by Gasteiger charge is 2.24. The number of aryl methyl sites for hydroxylation is 1. The molecule has 4 heterocycles. The Kier molecular flexibility index (Phi) is 6.46. The van der Waals surface area contributed by atoms with Crippen molar-refractivity contribution in [1.29, 1.82) is 5.26 Å². The number of hydrogen-bond acceptors (Lipinski definition) is 6. The zero-order chi connectivity index (χ0) is 27.1. The van der Waals surface area contributed by atoms with Crippen molar-refractivity contribution in [3.63, 3.8) is 0 Å². The monoisotopic (exact) mass is 528 g/mol. The molecular weight excluding hydrogens is 504 g/mol. The molecule has 192 valence electrons. The fraction of sp³-hybridized carbons (Fsp3) is 0.259. The van der Waals surface area contributed by atoms with Crippen molar-refractivity contribution in [3.05, 3.63) is 69.2 Å². The van der Waals surface area contributed by atoms with Crippen LogP contribution in [0.3, 0.4) is 0 Å². The Labute approximate surface area is 223 Å². The van der Waals surface area contributed by atoms with E-state index in [1.165, 1.54) is 4.57 Å². The van der Waals surface area contributed by atoms with E-state index in [1.54, 1.807) is 47.9 Å². The summed E-state index contributed by atoms with van der Waals surface area (Å²) in [6.45, 7) is 4.17. The molecule has 0 bridgehead atoms. The van der Waals surface area contributed by atoms with Crippen molar-refractivity contribution in [3.8, 4) is 17.5 Å². The van der Waals surface area contributed by atoms with Gasteiger partial charge in [0.05, 0.1) is 23.3 Å². The van der Waals surface area contributed by atoms with Gasteiger partial charge in [-0.15, -0.1) is 0 Å². The fourth-order valence-electron chi connectivity index (χ4n) is 4.53. The lowest BCUT2D eigenvalue weighted by molar-refractivity contribution is -0.116. The first-order chi connectivity index (χ1) is 18.2. The van der Waals surface area contributed by atoms with Crippen LogP contribution in [0.4, 0.5) is 5.95 Å².